The fourth-order valence-electron chi connectivity index (χ4n) is 2.66. The van der Waals surface area contributed by atoms with Crippen LogP contribution in [0, 0.1) is 0 Å². The number of methoxy groups -OCH3 is 1. The van der Waals surface area contributed by atoms with Gasteiger partial charge in [-0.05, 0) is 32.0 Å². The van der Waals surface area contributed by atoms with Gasteiger partial charge in [-0.15, -0.1) is 0 Å². The number of hydrogen-bond acceptors (Lipinski definition) is 4. The molecule has 0 unspecified atom stereocenters. The maximum absolute atomic E-state index is 12.6. The molecular formula is C17H25N3O4. The summed E-state index contributed by atoms with van der Waals surface area (Å²) in [5, 5.41) is 2.77. The van der Waals surface area contributed by atoms with Crippen LogP contribution in [-0.4, -0.2) is 61.7 Å². The monoisotopic (exact) mass is 335 g/mol. The van der Waals surface area contributed by atoms with E-state index in [0.717, 1.165) is 11.3 Å². The van der Waals surface area contributed by atoms with Crippen molar-refractivity contribution in [3.05, 3.63) is 23.8 Å². The molecule has 0 fully saturated rings. The Morgan fingerprint density at radius 3 is 2.75 bits per heavy atom. The Balaban J connectivity index is 2.15. The number of carbonyl (C=O) groups is 2. The fraction of sp³-hybridized carbons (Fsp3) is 0.529. The van der Waals surface area contributed by atoms with Gasteiger partial charge < -0.3 is 24.6 Å². The first-order valence-corrected chi connectivity index (χ1v) is 8.17. The third-order valence-electron chi connectivity index (χ3n) is 3.90. The van der Waals surface area contributed by atoms with Crippen LogP contribution in [0.3, 0.4) is 0 Å². The summed E-state index contributed by atoms with van der Waals surface area (Å²) in [6.07, 6.45) is 0. The number of carbonyl (C=O) groups excluding carboxylic acids is 2. The topological polar surface area (TPSA) is 71.1 Å². The Bertz CT molecular complexity index is 587. The quantitative estimate of drug-likeness (QED) is 0.892. The molecule has 24 heavy (non-hydrogen) atoms. The van der Waals surface area contributed by atoms with Crippen molar-refractivity contribution in [1.82, 2.24) is 9.80 Å². The van der Waals surface area contributed by atoms with Crippen molar-refractivity contribution < 1.29 is 19.1 Å². The molecule has 0 atom stereocenters. The Hall–Kier alpha value is -2.28. The number of anilines is 1. The molecule has 0 aromatic heterocycles. The van der Waals surface area contributed by atoms with Gasteiger partial charge in [-0.1, -0.05) is 0 Å². The van der Waals surface area contributed by atoms with Crippen LogP contribution in [0.15, 0.2) is 18.2 Å². The summed E-state index contributed by atoms with van der Waals surface area (Å²) in [7, 11) is 1.47. The van der Waals surface area contributed by atoms with Gasteiger partial charge in [0.05, 0.1) is 13.1 Å². The summed E-state index contributed by atoms with van der Waals surface area (Å²) < 4.78 is 10.5. The van der Waals surface area contributed by atoms with Gasteiger partial charge in [0.2, 0.25) is 5.91 Å². The zero-order chi connectivity index (χ0) is 17.5. The second-order valence-electron chi connectivity index (χ2n) is 5.53. The third-order valence-corrected chi connectivity index (χ3v) is 3.90. The van der Waals surface area contributed by atoms with E-state index in [-0.39, 0.29) is 18.5 Å². The third kappa shape index (κ3) is 4.38. The van der Waals surface area contributed by atoms with E-state index in [0.29, 0.717) is 38.5 Å². The van der Waals surface area contributed by atoms with Crippen LogP contribution in [0.5, 0.6) is 5.75 Å². The maximum Gasteiger partial charge on any atom is 0.320 e. The number of fused-ring (bicyclic) bond motifs is 1. The predicted octanol–water partition coefficient (Wildman–Crippen LogP) is 1.93. The number of nitrogens with one attached hydrogen (secondary N) is 1. The standard InChI is InChI=1S/C17H25N3O4/c1-4-19(5-2)17(22)20-8-9-24-15-7-6-14(10-13(15)11-20)18-16(21)12-23-3/h6-7,10H,4-5,8-9,11-12H2,1-3H3,(H,18,21). The van der Waals surface area contributed by atoms with Crippen LogP contribution >= 0.6 is 0 Å². The molecule has 2 rings (SSSR count). The number of amides is 3. The van der Waals surface area contributed by atoms with E-state index in [1.807, 2.05) is 26.0 Å². The first kappa shape index (κ1) is 18.1. The zero-order valence-corrected chi connectivity index (χ0v) is 14.5. The van der Waals surface area contributed by atoms with Crippen LogP contribution < -0.4 is 10.1 Å². The molecule has 1 N–H and O–H groups in total. The summed E-state index contributed by atoms with van der Waals surface area (Å²) in [5.74, 6) is 0.526. The smallest absolute Gasteiger partial charge is 0.320 e. The van der Waals surface area contributed by atoms with Crippen LogP contribution in [0.25, 0.3) is 0 Å². The number of urea groups is 1. The summed E-state index contributed by atoms with van der Waals surface area (Å²) in [6, 6.07) is 5.46. The van der Waals surface area contributed by atoms with Gasteiger partial charge in [-0.3, -0.25) is 4.79 Å². The highest BCUT2D eigenvalue weighted by atomic mass is 16.5. The molecule has 0 saturated carbocycles. The minimum absolute atomic E-state index is 0.000154. The van der Waals surface area contributed by atoms with Crippen LogP contribution in [0.4, 0.5) is 10.5 Å². The molecule has 7 heteroatoms. The molecule has 1 aliphatic heterocycles. The highest BCUT2D eigenvalue weighted by Crippen LogP contribution is 2.27. The van der Waals surface area contributed by atoms with Crippen molar-refractivity contribution in [1.29, 1.82) is 0 Å². The summed E-state index contributed by atoms with van der Waals surface area (Å²) in [4.78, 5) is 27.8. The van der Waals surface area contributed by atoms with Gasteiger partial charge in [-0.2, -0.15) is 0 Å². The van der Waals surface area contributed by atoms with Crippen molar-refractivity contribution >= 4 is 17.6 Å². The van der Waals surface area contributed by atoms with Crippen LogP contribution in [-0.2, 0) is 16.1 Å². The van der Waals surface area contributed by atoms with Crippen molar-refractivity contribution in [3.63, 3.8) is 0 Å². The zero-order valence-electron chi connectivity index (χ0n) is 14.5. The SMILES string of the molecule is CCN(CC)C(=O)N1CCOc2ccc(NC(=O)COC)cc2C1. The van der Waals surface area contributed by atoms with Gasteiger partial charge in [0.25, 0.3) is 0 Å². The van der Waals surface area contributed by atoms with E-state index in [9.17, 15) is 9.59 Å². The van der Waals surface area contributed by atoms with Gasteiger partial charge in [0.1, 0.15) is 19.0 Å². The molecule has 0 saturated heterocycles. The van der Waals surface area contributed by atoms with Crippen molar-refractivity contribution in [3.8, 4) is 5.75 Å². The van der Waals surface area contributed by atoms with Crippen molar-refractivity contribution in [2.45, 2.75) is 20.4 Å². The molecule has 0 bridgehead atoms. The first-order valence-electron chi connectivity index (χ1n) is 8.17. The minimum atomic E-state index is -0.219. The highest BCUT2D eigenvalue weighted by molar-refractivity contribution is 5.91. The molecule has 7 nitrogen and oxygen atoms in total. The minimum Gasteiger partial charge on any atom is -0.491 e. The Morgan fingerprint density at radius 1 is 1.33 bits per heavy atom. The maximum atomic E-state index is 12.6. The Morgan fingerprint density at radius 2 is 2.08 bits per heavy atom. The van der Waals surface area contributed by atoms with Gasteiger partial charge in [0, 0.05) is 31.5 Å². The molecule has 0 spiro atoms. The van der Waals surface area contributed by atoms with E-state index in [2.05, 4.69) is 5.32 Å². The van der Waals surface area contributed by atoms with Gasteiger partial charge in [-0.25, -0.2) is 4.79 Å². The molecular weight excluding hydrogens is 310 g/mol. The second-order valence-corrected chi connectivity index (χ2v) is 5.53. The predicted molar refractivity (Wildman–Crippen MR) is 91.2 cm³/mol. The molecule has 3 amide bonds. The van der Waals surface area contributed by atoms with E-state index in [1.165, 1.54) is 7.11 Å². The van der Waals surface area contributed by atoms with Crippen LogP contribution in [0.1, 0.15) is 19.4 Å². The molecule has 1 aliphatic rings. The van der Waals surface area contributed by atoms with Crippen LogP contribution in [0.2, 0.25) is 0 Å². The van der Waals surface area contributed by atoms with Gasteiger partial charge >= 0.3 is 6.03 Å². The van der Waals surface area contributed by atoms with E-state index in [1.54, 1.807) is 15.9 Å². The van der Waals surface area contributed by atoms with E-state index in [4.69, 9.17) is 9.47 Å². The fourth-order valence-corrected chi connectivity index (χ4v) is 2.66. The molecule has 1 aromatic rings. The number of nitrogens with zero attached hydrogens (tertiary/aromatic N) is 2. The lowest BCUT2D eigenvalue weighted by atomic mass is 10.1. The lowest BCUT2D eigenvalue weighted by Crippen LogP contribution is -2.43. The van der Waals surface area contributed by atoms with Crippen molar-refractivity contribution in [2.24, 2.45) is 0 Å². The molecule has 132 valence electrons. The molecule has 0 radical (unpaired) electrons. The Labute approximate surface area is 142 Å². The molecule has 1 aromatic carbocycles. The molecule has 0 aliphatic carbocycles. The lowest BCUT2D eigenvalue weighted by Gasteiger charge is -2.27. The second kappa shape index (κ2) is 8.54. The van der Waals surface area contributed by atoms with Crippen molar-refractivity contribution in [2.75, 3.05) is 45.3 Å². The first-order chi connectivity index (χ1) is 11.6. The average Bonchev–Trinajstić information content (AvgIpc) is 2.78. The summed E-state index contributed by atoms with van der Waals surface area (Å²) in [5.41, 5.74) is 1.54. The summed E-state index contributed by atoms with van der Waals surface area (Å²) >= 11 is 0. The van der Waals surface area contributed by atoms with Gasteiger partial charge in [0.15, 0.2) is 0 Å². The largest absolute Gasteiger partial charge is 0.491 e. The number of benzene rings is 1. The Kier molecular flexibility index (Phi) is 6.43. The number of rotatable bonds is 5. The number of hydrogen-bond donors (Lipinski definition) is 1. The summed E-state index contributed by atoms with van der Waals surface area (Å²) in [6.45, 7) is 6.73. The lowest BCUT2D eigenvalue weighted by molar-refractivity contribution is -0.119. The normalized spacial score (nSPS) is 13.5. The molecule has 1 heterocycles. The highest BCUT2D eigenvalue weighted by Gasteiger charge is 2.23. The number of ether oxygens (including phenoxy) is 2. The average molecular weight is 335 g/mol. The van der Waals surface area contributed by atoms with E-state index >= 15 is 0 Å². The van der Waals surface area contributed by atoms with E-state index < -0.39 is 0 Å².